The van der Waals surface area contributed by atoms with Crippen LogP contribution in [-0.2, 0) is 11.2 Å². The molecule has 2 aromatic carbocycles. The molecule has 0 aromatic heterocycles. The highest BCUT2D eigenvalue weighted by molar-refractivity contribution is 5.86. The van der Waals surface area contributed by atoms with E-state index in [2.05, 4.69) is 52.1 Å². The molecule has 0 fully saturated rings. The summed E-state index contributed by atoms with van der Waals surface area (Å²) < 4.78 is 0. The highest BCUT2D eigenvalue weighted by Gasteiger charge is 2.07. The molecule has 2 aromatic rings. The lowest BCUT2D eigenvalue weighted by molar-refractivity contribution is -0.119. The van der Waals surface area contributed by atoms with Crippen LogP contribution in [0.15, 0.2) is 65.7 Å². The molecule has 2 rings (SSSR count). The van der Waals surface area contributed by atoms with Crippen molar-refractivity contribution >= 4 is 11.9 Å². The summed E-state index contributed by atoms with van der Waals surface area (Å²) in [6.45, 7) is 3.74. The van der Waals surface area contributed by atoms with Crippen molar-refractivity contribution < 1.29 is 4.79 Å². The van der Waals surface area contributed by atoms with Crippen LogP contribution in [0.2, 0.25) is 0 Å². The average molecular weight is 352 g/mol. The fraction of sp³-hybridized carbons (Fsp3) is 0.333. The Bertz CT molecular complexity index is 686. The zero-order valence-electron chi connectivity index (χ0n) is 15.5. The van der Waals surface area contributed by atoms with Gasteiger partial charge in [0.25, 0.3) is 0 Å². The summed E-state index contributed by atoms with van der Waals surface area (Å²) >= 11 is 0. The van der Waals surface area contributed by atoms with Gasteiger partial charge in [-0.25, -0.2) is 0 Å². The molecular weight excluding hydrogens is 324 g/mol. The van der Waals surface area contributed by atoms with E-state index in [1.165, 1.54) is 11.1 Å². The van der Waals surface area contributed by atoms with Crippen molar-refractivity contribution in [1.82, 2.24) is 16.0 Å². The van der Waals surface area contributed by atoms with Gasteiger partial charge >= 0.3 is 0 Å². The molecule has 0 spiro atoms. The quantitative estimate of drug-likeness (QED) is 0.505. The average Bonchev–Trinajstić information content (AvgIpc) is 2.69. The Labute approximate surface area is 155 Å². The normalized spacial score (nSPS) is 12.3. The predicted octanol–water partition coefficient (Wildman–Crippen LogP) is 2.31. The van der Waals surface area contributed by atoms with Gasteiger partial charge in [-0.15, -0.1) is 0 Å². The molecule has 0 aliphatic rings. The number of nitrogens with zero attached hydrogens (tertiary/aromatic N) is 1. The van der Waals surface area contributed by atoms with E-state index in [0.29, 0.717) is 18.4 Å². The van der Waals surface area contributed by atoms with Crippen LogP contribution in [0.1, 0.15) is 24.0 Å². The largest absolute Gasteiger partial charge is 0.356 e. The van der Waals surface area contributed by atoms with Crippen LogP contribution in [0.25, 0.3) is 0 Å². The smallest absolute Gasteiger partial charge is 0.239 e. The summed E-state index contributed by atoms with van der Waals surface area (Å²) in [5.41, 5.74) is 2.49. The zero-order chi connectivity index (χ0) is 18.6. The minimum Gasteiger partial charge on any atom is -0.356 e. The molecule has 0 radical (unpaired) electrons. The SMILES string of the molecule is CN=C(NCC(=O)NCCc1ccccc1)NCC(C)c1ccccc1. The van der Waals surface area contributed by atoms with Crippen molar-refractivity contribution in [3.8, 4) is 0 Å². The van der Waals surface area contributed by atoms with E-state index >= 15 is 0 Å². The lowest BCUT2D eigenvalue weighted by Crippen LogP contribution is -2.44. The second-order valence-corrected chi connectivity index (χ2v) is 6.20. The first-order valence-electron chi connectivity index (χ1n) is 8.99. The maximum atomic E-state index is 12.0. The van der Waals surface area contributed by atoms with E-state index in [9.17, 15) is 4.79 Å². The Morgan fingerprint density at radius 1 is 0.962 bits per heavy atom. The standard InChI is InChI=1S/C21H28N4O/c1-17(19-11-7-4-8-12-19)15-24-21(22-2)25-16-20(26)23-14-13-18-9-5-3-6-10-18/h3-12,17H,13-16H2,1-2H3,(H,23,26)(H2,22,24,25). The maximum Gasteiger partial charge on any atom is 0.239 e. The van der Waals surface area contributed by atoms with Gasteiger partial charge < -0.3 is 16.0 Å². The fourth-order valence-corrected chi connectivity index (χ4v) is 2.59. The van der Waals surface area contributed by atoms with Crippen LogP contribution in [0.5, 0.6) is 0 Å². The predicted molar refractivity (Wildman–Crippen MR) is 107 cm³/mol. The minimum atomic E-state index is -0.0417. The van der Waals surface area contributed by atoms with Crippen molar-refractivity contribution in [3.63, 3.8) is 0 Å². The molecule has 0 saturated heterocycles. The second-order valence-electron chi connectivity index (χ2n) is 6.20. The van der Waals surface area contributed by atoms with Gasteiger partial charge in [0, 0.05) is 20.1 Å². The van der Waals surface area contributed by atoms with E-state index in [0.717, 1.165) is 13.0 Å². The molecule has 0 saturated carbocycles. The molecule has 138 valence electrons. The lowest BCUT2D eigenvalue weighted by Gasteiger charge is -2.16. The van der Waals surface area contributed by atoms with Crippen molar-refractivity contribution in [1.29, 1.82) is 0 Å². The van der Waals surface area contributed by atoms with Crippen LogP contribution >= 0.6 is 0 Å². The third-order valence-electron chi connectivity index (χ3n) is 4.16. The molecule has 1 atom stereocenters. The first kappa shape index (κ1) is 19.5. The number of rotatable bonds is 8. The number of guanidine groups is 1. The Morgan fingerprint density at radius 3 is 2.27 bits per heavy atom. The highest BCUT2D eigenvalue weighted by atomic mass is 16.1. The number of carbonyl (C=O) groups is 1. The Balaban J connectivity index is 1.65. The molecule has 3 N–H and O–H groups in total. The van der Waals surface area contributed by atoms with Crippen molar-refractivity contribution in [2.45, 2.75) is 19.3 Å². The Hall–Kier alpha value is -2.82. The molecule has 5 heteroatoms. The highest BCUT2D eigenvalue weighted by Crippen LogP contribution is 2.12. The van der Waals surface area contributed by atoms with Crippen LogP contribution in [0.4, 0.5) is 0 Å². The number of aliphatic imine (C=N–C) groups is 1. The summed E-state index contributed by atoms with van der Waals surface area (Å²) in [5.74, 6) is 0.945. The molecule has 5 nitrogen and oxygen atoms in total. The number of carbonyl (C=O) groups excluding carboxylic acids is 1. The topological polar surface area (TPSA) is 65.5 Å². The van der Waals surface area contributed by atoms with Crippen molar-refractivity contribution in [2.24, 2.45) is 4.99 Å². The number of hydrogen-bond donors (Lipinski definition) is 3. The van der Waals surface area contributed by atoms with Crippen molar-refractivity contribution in [2.75, 3.05) is 26.7 Å². The van der Waals surface area contributed by atoms with Gasteiger partial charge in [-0.1, -0.05) is 67.6 Å². The van der Waals surface area contributed by atoms with E-state index < -0.39 is 0 Å². The van der Waals surface area contributed by atoms with Gasteiger partial charge in [0.05, 0.1) is 6.54 Å². The third-order valence-corrected chi connectivity index (χ3v) is 4.16. The van der Waals surface area contributed by atoms with Gasteiger partial charge in [0.1, 0.15) is 0 Å². The summed E-state index contributed by atoms with van der Waals surface area (Å²) in [5, 5.41) is 9.23. The molecular formula is C21H28N4O. The van der Waals surface area contributed by atoms with E-state index in [1.807, 2.05) is 36.4 Å². The monoisotopic (exact) mass is 352 g/mol. The van der Waals surface area contributed by atoms with E-state index in [1.54, 1.807) is 7.05 Å². The number of nitrogens with one attached hydrogen (secondary N) is 3. The first-order valence-corrected chi connectivity index (χ1v) is 8.99. The molecule has 0 heterocycles. The van der Waals surface area contributed by atoms with Gasteiger partial charge in [0.15, 0.2) is 5.96 Å². The van der Waals surface area contributed by atoms with Crippen molar-refractivity contribution in [3.05, 3.63) is 71.8 Å². The summed E-state index contributed by atoms with van der Waals surface area (Å²) in [7, 11) is 1.70. The summed E-state index contributed by atoms with van der Waals surface area (Å²) in [6, 6.07) is 20.4. The van der Waals surface area contributed by atoms with Gasteiger partial charge in [-0.05, 0) is 23.5 Å². The van der Waals surface area contributed by atoms with Gasteiger partial charge in [-0.2, -0.15) is 0 Å². The lowest BCUT2D eigenvalue weighted by atomic mass is 10.0. The van der Waals surface area contributed by atoms with Gasteiger partial charge in [0.2, 0.25) is 5.91 Å². The zero-order valence-corrected chi connectivity index (χ0v) is 15.5. The van der Waals surface area contributed by atoms with Crippen LogP contribution < -0.4 is 16.0 Å². The molecule has 0 aliphatic carbocycles. The number of hydrogen-bond acceptors (Lipinski definition) is 2. The summed E-state index contributed by atoms with van der Waals surface area (Å²) in [6.07, 6.45) is 0.828. The second kappa shape index (κ2) is 10.9. The van der Waals surface area contributed by atoms with Crippen LogP contribution in [-0.4, -0.2) is 38.5 Å². The fourth-order valence-electron chi connectivity index (χ4n) is 2.59. The molecule has 1 unspecified atom stereocenters. The summed E-state index contributed by atoms with van der Waals surface area (Å²) in [4.78, 5) is 16.1. The third kappa shape index (κ3) is 6.97. The van der Waals surface area contributed by atoms with Gasteiger partial charge in [-0.3, -0.25) is 9.79 Å². The molecule has 0 bridgehead atoms. The molecule has 0 aliphatic heterocycles. The maximum absolute atomic E-state index is 12.0. The first-order chi connectivity index (χ1) is 12.7. The number of benzene rings is 2. The molecule has 26 heavy (non-hydrogen) atoms. The number of amides is 1. The van der Waals surface area contributed by atoms with E-state index in [-0.39, 0.29) is 12.5 Å². The Kier molecular flexibility index (Phi) is 8.19. The van der Waals surface area contributed by atoms with Crippen LogP contribution in [0, 0.1) is 0 Å². The molecule has 1 amide bonds. The Morgan fingerprint density at radius 2 is 1.62 bits per heavy atom. The van der Waals surface area contributed by atoms with E-state index in [4.69, 9.17) is 0 Å². The van der Waals surface area contributed by atoms with Crippen LogP contribution in [0.3, 0.4) is 0 Å². The minimum absolute atomic E-state index is 0.0417.